The molecule has 1 aromatic rings. The van der Waals surface area contributed by atoms with E-state index in [2.05, 4.69) is 24.3 Å². The second kappa shape index (κ2) is 6.32. The van der Waals surface area contributed by atoms with E-state index >= 15 is 0 Å². The van der Waals surface area contributed by atoms with E-state index in [1.165, 1.54) is 50.5 Å². The summed E-state index contributed by atoms with van der Waals surface area (Å²) in [5, 5.41) is 11.1. The summed E-state index contributed by atoms with van der Waals surface area (Å²) >= 11 is 1.96. The minimum Gasteiger partial charge on any atom is -0.388 e. The Hall–Kier alpha value is -0.470. The normalized spacial score (nSPS) is 22.4. The Bertz CT molecular complexity index is 390. The first-order chi connectivity index (χ1) is 9.33. The molecular formula is C17H24OS. The zero-order valence-corrected chi connectivity index (χ0v) is 12.4. The molecule has 2 aliphatic rings. The van der Waals surface area contributed by atoms with Gasteiger partial charge in [0.05, 0.1) is 6.10 Å². The number of thioether (sulfide) groups is 1. The molecule has 2 saturated carbocycles. The Morgan fingerprint density at radius 3 is 2.26 bits per heavy atom. The van der Waals surface area contributed by atoms with Crippen LogP contribution in [0.1, 0.15) is 68.1 Å². The van der Waals surface area contributed by atoms with Crippen molar-refractivity contribution in [2.75, 3.05) is 5.75 Å². The van der Waals surface area contributed by atoms with Gasteiger partial charge in [0, 0.05) is 11.0 Å². The van der Waals surface area contributed by atoms with E-state index < -0.39 is 0 Å². The molecule has 0 spiro atoms. The van der Waals surface area contributed by atoms with Crippen molar-refractivity contribution in [3.05, 3.63) is 35.4 Å². The van der Waals surface area contributed by atoms with Crippen LogP contribution in [-0.2, 0) is 0 Å². The number of benzene rings is 1. The fourth-order valence-corrected chi connectivity index (χ4v) is 4.42. The van der Waals surface area contributed by atoms with E-state index in [1.54, 1.807) is 0 Å². The lowest BCUT2D eigenvalue weighted by Gasteiger charge is -2.26. The van der Waals surface area contributed by atoms with Crippen molar-refractivity contribution in [3.63, 3.8) is 0 Å². The molecule has 2 aliphatic carbocycles. The number of hydrogen-bond acceptors (Lipinski definition) is 2. The van der Waals surface area contributed by atoms with Crippen LogP contribution >= 0.6 is 11.8 Å². The molecule has 3 rings (SSSR count). The summed E-state index contributed by atoms with van der Waals surface area (Å²) < 4.78 is 0. The molecule has 1 atom stereocenters. The molecular weight excluding hydrogens is 252 g/mol. The summed E-state index contributed by atoms with van der Waals surface area (Å²) in [7, 11) is 0. The van der Waals surface area contributed by atoms with Gasteiger partial charge in [0.2, 0.25) is 0 Å². The molecule has 0 aliphatic heterocycles. The molecule has 1 aromatic carbocycles. The van der Waals surface area contributed by atoms with Crippen molar-refractivity contribution >= 4 is 11.8 Å². The fraction of sp³-hybridized carbons (Fsp3) is 0.647. The molecule has 0 bridgehead atoms. The van der Waals surface area contributed by atoms with Crippen molar-refractivity contribution in [1.29, 1.82) is 0 Å². The summed E-state index contributed by atoms with van der Waals surface area (Å²) in [5.74, 6) is 1.65. The third-order valence-corrected chi connectivity index (χ3v) is 6.14. The van der Waals surface area contributed by atoms with Crippen molar-refractivity contribution in [1.82, 2.24) is 0 Å². The maximum Gasteiger partial charge on any atom is 0.0880 e. The molecule has 0 heterocycles. The van der Waals surface area contributed by atoms with Crippen LogP contribution in [0.5, 0.6) is 0 Å². The van der Waals surface area contributed by atoms with Crippen LogP contribution < -0.4 is 0 Å². The van der Waals surface area contributed by atoms with Crippen LogP contribution in [0.3, 0.4) is 0 Å². The van der Waals surface area contributed by atoms with Gasteiger partial charge in [0.15, 0.2) is 0 Å². The van der Waals surface area contributed by atoms with Gasteiger partial charge >= 0.3 is 0 Å². The Balaban J connectivity index is 1.52. The molecule has 1 unspecified atom stereocenters. The summed E-state index contributed by atoms with van der Waals surface area (Å²) in [4.78, 5) is 0. The predicted octanol–water partition coefficient (Wildman–Crippen LogP) is 4.66. The van der Waals surface area contributed by atoms with Gasteiger partial charge in [-0.1, -0.05) is 43.5 Å². The highest BCUT2D eigenvalue weighted by Gasteiger charge is 2.20. The summed E-state index contributed by atoms with van der Waals surface area (Å²) in [5.41, 5.74) is 2.55. The molecule has 1 nitrogen and oxygen atoms in total. The number of aliphatic hydroxyl groups excluding tert-OH is 1. The first-order valence-corrected chi connectivity index (χ1v) is 8.77. The van der Waals surface area contributed by atoms with Crippen LogP contribution in [-0.4, -0.2) is 16.1 Å². The Kier molecular flexibility index (Phi) is 4.49. The highest BCUT2D eigenvalue weighted by atomic mass is 32.2. The zero-order valence-electron chi connectivity index (χ0n) is 11.6. The van der Waals surface area contributed by atoms with Crippen LogP contribution in [0.4, 0.5) is 0 Å². The SMILES string of the molecule is OC(CSC1CCCC1)c1ccc(C2CCC2)cc1. The van der Waals surface area contributed by atoms with E-state index in [-0.39, 0.29) is 6.10 Å². The van der Waals surface area contributed by atoms with E-state index in [0.717, 1.165) is 22.5 Å². The maximum atomic E-state index is 10.3. The monoisotopic (exact) mass is 276 g/mol. The minimum absolute atomic E-state index is 0.291. The topological polar surface area (TPSA) is 20.2 Å². The van der Waals surface area contributed by atoms with Crippen LogP contribution in [0.2, 0.25) is 0 Å². The number of rotatable bonds is 5. The lowest BCUT2D eigenvalue weighted by molar-refractivity contribution is 0.204. The van der Waals surface area contributed by atoms with Gasteiger partial charge in [0.25, 0.3) is 0 Å². The lowest BCUT2D eigenvalue weighted by Crippen LogP contribution is -2.09. The molecule has 2 heteroatoms. The first kappa shape index (κ1) is 13.5. The standard InChI is InChI=1S/C17H24OS/c18-17(12-19-16-6-1-2-7-16)15-10-8-14(9-11-15)13-4-3-5-13/h8-11,13,16-18H,1-7,12H2. The maximum absolute atomic E-state index is 10.3. The highest BCUT2D eigenvalue weighted by Crippen LogP contribution is 2.37. The first-order valence-electron chi connectivity index (χ1n) is 7.72. The smallest absolute Gasteiger partial charge is 0.0880 e. The third-order valence-electron chi connectivity index (χ3n) is 4.69. The summed E-state index contributed by atoms with van der Waals surface area (Å²) in [6.45, 7) is 0. The minimum atomic E-state index is -0.291. The number of aliphatic hydroxyl groups is 1. The van der Waals surface area contributed by atoms with Gasteiger partial charge in [-0.2, -0.15) is 11.8 Å². The van der Waals surface area contributed by atoms with Crippen molar-refractivity contribution < 1.29 is 5.11 Å². The van der Waals surface area contributed by atoms with Crippen molar-refractivity contribution in [2.24, 2.45) is 0 Å². The van der Waals surface area contributed by atoms with E-state index in [4.69, 9.17) is 0 Å². The largest absolute Gasteiger partial charge is 0.388 e. The zero-order chi connectivity index (χ0) is 13.1. The molecule has 19 heavy (non-hydrogen) atoms. The van der Waals surface area contributed by atoms with E-state index in [0.29, 0.717) is 0 Å². The number of hydrogen-bond donors (Lipinski definition) is 1. The lowest BCUT2D eigenvalue weighted by atomic mass is 9.80. The van der Waals surface area contributed by atoms with Crippen LogP contribution in [0.25, 0.3) is 0 Å². The van der Waals surface area contributed by atoms with Crippen molar-refractivity contribution in [3.8, 4) is 0 Å². The summed E-state index contributed by atoms with van der Waals surface area (Å²) in [6.07, 6.45) is 9.23. The Labute approximate surface area is 120 Å². The average molecular weight is 276 g/mol. The Morgan fingerprint density at radius 2 is 1.68 bits per heavy atom. The molecule has 104 valence electrons. The quantitative estimate of drug-likeness (QED) is 0.844. The molecule has 0 saturated heterocycles. The average Bonchev–Trinajstić information content (AvgIpc) is 2.88. The van der Waals surface area contributed by atoms with Gasteiger partial charge in [-0.15, -0.1) is 0 Å². The van der Waals surface area contributed by atoms with Crippen molar-refractivity contribution in [2.45, 2.75) is 62.2 Å². The fourth-order valence-electron chi connectivity index (χ4n) is 3.11. The van der Waals surface area contributed by atoms with Gasteiger partial charge in [-0.05, 0) is 42.7 Å². The molecule has 0 amide bonds. The van der Waals surface area contributed by atoms with E-state index in [1.807, 2.05) is 11.8 Å². The van der Waals surface area contributed by atoms with Gasteiger partial charge in [0.1, 0.15) is 0 Å². The molecule has 0 aromatic heterocycles. The Morgan fingerprint density at radius 1 is 1.00 bits per heavy atom. The second-order valence-electron chi connectivity index (χ2n) is 6.05. The van der Waals surface area contributed by atoms with Crippen LogP contribution in [0.15, 0.2) is 24.3 Å². The molecule has 2 fully saturated rings. The summed E-state index contributed by atoms with van der Waals surface area (Å²) in [6, 6.07) is 8.71. The third kappa shape index (κ3) is 3.35. The van der Waals surface area contributed by atoms with Gasteiger partial charge in [-0.25, -0.2) is 0 Å². The van der Waals surface area contributed by atoms with E-state index in [9.17, 15) is 5.11 Å². The second-order valence-corrected chi connectivity index (χ2v) is 7.38. The van der Waals surface area contributed by atoms with Crippen LogP contribution in [0, 0.1) is 0 Å². The predicted molar refractivity (Wildman–Crippen MR) is 82.7 cm³/mol. The molecule has 1 N–H and O–H groups in total. The molecule has 0 radical (unpaired) electrons. The highest BCUT2D eigenvalue weighted by molar-refractivity contribution is 7.99. The van der Waals surface area contributed by atoms with Gasteiger partial charge in [-0.3, -0.25) is 0 Å². The van der Waals surface area contributed by atoms with Gasteiger partial charge < -0.3 is 5.11 Å².